The molecule has 2 unspecified atom stereocenters. The zero-order valence-corrected chi connectivity index (χ0v) is 24.3. The molecule has 194 valence electrons. The van der Waals surface area contributed by atoms with Crippen molar-refractivity contribution in [1.82, 2.24) is 4.90 Å². The van der Waals surface area contributed by atoms with E-state index < -0.39 is 8.07 Å². The van der Waals surface area contributed by atoms with Crippen molar-refractivity contribution in [3.63, 3.8) is 0 Å². The van der Waals surface area contributed by atoms with Crippen LogP contribution < -0.4 is 14.7 Å². The van der Waals surface area contributed by atoms with Gasteiger partial charge in [0.05, 0.1) is 15.2 Å². The van der Waals surface area contributed by atoms with Crippen molar-refractivity contribution in [2.45, 2.75) is 51.2 Å². The first-order valence-corrected chi connectivity index (χ1v) is 16.6. The molecule has 0 bridgehead atoms. The van der Waals surface area contributed by atoms with E-state index in [1.165, 1.54) is 27.6 Å². The van der Waals surface area contributed by atoms with Gasteiger partial charge in [0.25, 0.3) is 0 Å². The number of hydrogen-bond donors (Lipinski definition) is 0. The van der Waals surface area contributed by atoms with Gasteiger partial charge in [-0.05, 0) is 40.3 Å². The van der Waals surface area contributed by atoms with E-state index in [-0.39, 0.29) is 5.41 Å². The summed E-state index contributed by atoms with van der Waals surface area (Å²) in [6, 6.07) is 13.5. The second-order valence-corrected chi connectivity index (χ2v) is 16.8. The van der Waals surface area contributed by atoms with Crippen LogP contribution in [0, 0.1) is 5.92 Å². The number of nitrogens with zero attached hydrogens (tertiary/aromatic N) is 1. The lowest BCUT2D eigenvalue weighted by Gasteiger charge is -2.34. The summed E-state index contributed by atoms with van der Waals surface area (Å²) in [4.78, 5) is 2.62. The smallest absolute Gasteiger partial charge is 0.123 e. The van der Waals surface area contributed by atoms with Gasteiger partial charge in [0, 0.05) is 41.4 Å². The normalized spacial score (nSPS) is 20.8. The van der Waals surface area contributed by atoms with Gasteiger partial charge in [-0.2, -0.15) is 0 Å². The minimum Gasteiger partial charge on any atom is -0.497 e. The second kappa shape index (κ2) is 9.72. The lowest BCUT2D eigenvalue weighted by Crippen LogP contribution is -2.48. The highest BCUT2D eigenvalue weighted by atomic mass is 28.3. The first-order valence-electron chi connectivity index (χ1n) is 13.5. The molecule has 37 heavy (non-hydrogen) atoms. The molecule has 5 rings (SSSR count). The first kappa shape index (κ1) is 25.7. The van der Waals surface area contributed by atoms with Gasteiger partial charge >= 0.3 is 0 Å². The molecule has 1 aliphatic heterocycles. The lowest BCUT2D eigenvalue weighted by molar-refractivity contribution is 0.351. The maximum Gasteiger partial charge on any atom is 0.123 e. The Balaban J connectivity index is 1.62. The third-order valence-corrected chi connectivity index (χ3v) is 12.2. The molecule has 0 radical (unpaired) electrons. The minimum atomic E-state index is -2.15. The monoisotopic (exact) mass is 511 g/mol. The van der Waals surface area contributed by atoms with Gasteiger partial charge in [0.1, 0.15) is 18.1 Å². The molecular formula is C33H41NO2Si. The maximum atomic E-state index is 6.48. The molecular weight excluding hydrogens is 470 g/mol. The van der Waals surface area contributed by atoms with Crippen LogP contribution in [-0.2, 0) is 5.41 Å². The molecule has 0 amide bonds. The third kappa shape index (κ3) is 4.61. The van der Waals surface area contributed by atoms with Gasteiger partial charge < -0.3 is 14.4 Å². The Labute approximate surface area is 224 Å². The number of likely N-dealkylation sites (tertiary alicyclic amines) is 1. The number of ether oxygens (including phenoxy) is 2. The van der Waals surface area contributed by atoms with Crippen molar-refractivity contribution in [3.05, 3.63) is 95.6 Å². The zero-order valence-electron chi connectivity index (χ0n) is 23.3. The molecule has 2 aliphatic carbocycles. The van der Waals surface area contributed by atoms with Crippen molar-refractivity contribution in [1.29, 1.82) is 0 Å². The zero-order chi connectivity index (χ0) is 26.4. The van der Waals surface area contributed by atoms with Crippen LogP contribution in [0.15, 0.2) is 78.9 Å². The van der Waals surface area contributed by atoms with Gasteiger partial charge in [0.2, 0.25) is 0 Å². The fourth-order valence-corrected chi connectivity index (χ4v) is 9.51. The van der Waals surface area contributed by atoms with Gasteiger partial charge in [-0.15, -0.1) is 0 Å². The number of methoxy groups -OCH3 is 1. The van der Waals surface area contributed by atoms with E-state index in [9.17, 15) is 0 Å². The van der Waals surface area contributed by atoms with E-state index in [4.69, 9.17) is 9.47 Å². The molecule has 4 heteroatoms. The topological polar surface area (TPSA) is 21.7 Å². The summed E-state index contributed by atoms with van der Waals surface area (Å²) in [7, 11) is -0.383. The minimum absolute atomic E-state index is 0.0769. The van der Waals surface area contributed by atoms with Crippen LogP contribution in [0.5, 0.6) is 11.5 Å². The molecule has 0 aromatic heterocycles. The summed E-state index contributed by atoms with van der Waals surface area (Å²) in [6.07, 6.45) is 12.5. The predicted octanol–water partition coefficient (Wildman–Crippen LogP) is 6.97. The van der Waals surface area contributed by atoms with Crippen LogP contribution in [0.1, 0.15) is 49.4 Å². The SMILES string of the molecule is C=CCOc1c(C(C)(C)C)cc(OC)cc1[Si](C)(C)C1C=C(N2CC3=CC=CCC3C2)c2ccccc21. The summed E-state index contributed by atoms with van der Waals surface area (Å²) >= 11 is 0. The molecule has 0 spiro atoms. The Bertz CT molecular complexity index is 1290. The van der Waals surface area contributed by atoms with E-state index in [0.717, 1.165) is 31.0 Å². The summed E-state index contributed by atoms with van der Waals surface area (Å²) in [5, 5.41) is 1.32. The number of allylic oxidation sites excluding steroid dienone is 4. The number of rotatable bonds is 7. The van der Waals surface area contributed by atoms with E-state index in [1.807, 2.05) is 6.08 Å². The molecule has 1 saturated heterocycles. The molecule has 0 saturated carbocycles. The van der Waals surface area contributed by atoms with Crippen LogP contribution in [0.3, 0.4) is 0 Å². The Morgan fingerprint density at radius 3 is 2.65 bits per heavy atom. The van der Waals surface area contributed by atoms with Gasteiger partial charge in [-0.1, -0.05) is 95.1 Å². The molecule has 3 nitrogen and oxygen atoms in total. The standard InChI is InChI=1S/C33H41NO2Si/c1-8-17-36-32-28(33(2,3)4)18-25(35-5)19-31(32)37(6,7)30-20-29(26-15-11-12-16-27(26)30)34-21-23-13-9-10-14-24(23)22-34/h8-13,15-16,18-20,24,30H,1,14,17,21-22H2,2-7H3. The average Bonchev–Trinajstić information content (AvgIpc) is 3.48. The summed E-state index contributed by atoms with van der Waals surface area (Å²) in [6.45, 7) is 18.3. The predicted molar refractivity (Wildman–Crippen MR) is 159 cm³/mol. The average molecular weight is 512 g/mol. The van der Waals surface area contributed by atoms with Crippen molar-refractivity contribution in [2.24, 2.45) is 5.92 Å². The first-order chi connectivity index (χ1) is 17.6. The molecule has 1 fully saturated rings. The van der Waals surface area contributed by atoms with Gasteiger partial charge in [-0.25, -0.2) is 0 Å². The van der Waals surface area contributed by atoms with E-state index in [0.29, 0.717) is 18.1 Å². The van der Waals surface area contributed by atoms with Crippen LogP contribution in [0.2, 0.25) is 13.1 Å². The quantitative estimate of drug-likeness (QED) is 0.296. The van der Waals surface area contributed by atoms with Crippen LogP contribution in [-0.4, -0.2) is 39.8 Å². The van der Waals surface area contributed by atoms with E-state index in [1.54, 1.807) is 12.7 Å². The lowest BCUT2D eigenvalue weighted by atomic mass is 9.86. The van der Waals surface area contributed by atoms with Crippen molar-refractivity contribution in [3.8, 4) is 11.5 Å². The summed E-state index contributed by atoms with van der Waals surface area (Å²) < 4.78 is 12.3. The van der Waals surface area contributed by atoms with Crippen molar-refractivity contribution >= 4 is 19.0 Å². The Morgan fingerprint density at radius 2 is 1.95 bits per heavy atom. The molecule has 2 aromatic rings. The third-order valence-electron chi connectivity index (χ3n) is 8.37. The molecule has 0 N–H and O–H groups in total. The highest BCUT2D eigenvalue weighted by Crippen LogP contribution is 2.46. The molecule has 3 aliphatic rings. The number of hydrogen-bond acceptors (Lipinski definition) is 3. The summed E-state index contributed by atoms with van der Waals surface area (Å²) in [5.74, 6) is 2.58. The maximum absolute atomic E-state index is 6.48. The Morgan fingerprint density at radius 1 is 1.16 bits per heavy atom. The van der Waals surface area contributed by atoms with Crippen LogP contribution >= 0.6 is 0 Å². The Hall–Kier alpha value is -2.98. The van der Waals surface area contributed by atoms with Crippen molar-refractivity contribution < 1.29 is 9.47 Å². The number of benzene rings is 2. The highest BCUT2D eigenvalue weighted by molar-refractivity contribution is 6.92. The molecule has 2 atom stereocenters. The van der Waals surface area contributed by atoms with Crippen molar-refractivity contribution in [2.75, 3.05) is 26.8 Å². The van der Waals surface area contributed by atoms with E-state index >= 15 is 0 Å². The Kier molecular flexibility index (Phi) is 6.74. The molecule has 2 aromatic carbocycles. The molecule has 1 heterocycles. The van der Waals surface area contributed by atoms with Crippen LogP contribution in [0.25, 0.3) is 5.70 Å². The van der Waals surface area contributed by atoms with Crippen LogP contribution in [0.4, 0.5) is 0 Å². The largest absolute Gasteiger partial charge is 0.497 e. The summed E-state index contributed by atoms with van der Waals surface area (Å²) in [5.41, 5.74) is 7.29. The van der Waals surface area contributed by atoms with E-state index in [2.05, 4.69) is 106 Å². The highest BCUT2D eigenvalue weighted by Gasteiger charge is 2.43. The van der Waals surface area contributed by atoms with Gasteiger partial charge in [0.15, 0.2) is 0 Å². The number of fused-ring (bicyclic) bond motifs is 2. The fourth-order valence-electron chi connectivity index (χ4n) is 6.26. The van der Waals surface area contributed by atoms with Gasteiger partial charge in [-0.3, -0.25) is 0 Å². The fraction of sp³-hybridized carbons (Fsp3) is 0.394. The second-order valence-electron chi connectivity index (χ2n) is 12.2.